The fourth-order valence-electron chi connectivity index (χ4n) is 3.03. The normalized spacial score (nSPS) is 18.4. The molecule has 1 amide bonds. The molecule has 26 heavy (non-hydrogen) atoms. The van der Waals surface area contributed by atoms with Gasteiger partial charge in [-0.3, -0.25) is 9.79 Å². The Bertz CT molecular complexity index is 580. The molecule has 2 unspecified atom stereocenters. The average Bonchev–Trinajstić information content (AvgIpc) is 3.09. The highest BCUT2D eigenvalue weighted by Gasteiger charge is 2.28. The van der Waals surface area contributed by atoms with Gasteiger partial charge in [-0.1, -0.05) is 44.2 Å². The molecule has 7 heteroatoms. The molecule has 1 aromatic carbocycles. The number of methoxy groups -OCH3 is 1. The SMILES string of the molecule is CN=C(NCC(OC)c1ccccc1)NC1CCN(C(=O)C(C)C)C1.I. The molecule has 2 rings (SSSR count). The number of halogens is 1. The van der Waals surface area contributed by atoms with Gasteiger partial charge in [0.15, 0.2) is 5.96 Å². The minimum atomic E-state index is -0.0395. The number of aliphatic imine (C=N–C) groups is 1. The second-order valence-electron chi connectivity index (χ2n) is 6.66. The van der Waals surface area contributed by atoms with Gasteiger partial charge >= 0.3 is 0 Å². The fraction of sp³-hybridized carbons (Fsp3) is 0.579. The molecule has 1 aromatic rings. The Balaban J connectivity index is 0.00000338. The lowest BCUT2D eigenvalue weighted by molar-refractivity contribution is -0.133. The summed E-state index contributed by atoms with van der Waals surface area (Å²) in [5.74, 6) is 1.00. The van der Waals surface area contributed by atoms with Crippen LogP contribution in [0.5, 0.6) is 0 Å². The van der Waals surface area contributed by atoms with E-state index in [9.17, 15) is 4.79 Å². The van der Waals surface area contributed by atoms with Gasteiger partial charge in [-0.15, -0.1) is 24.0 Å². The lowest BCUT2D eigenvalue weighted by Gasteiger charge is -2.22. The first-order valence-corrected chi connectivity index (χ1v) is 8.88. The summed E-state index contributed by atoms with van der Waals surface area (Å²) in [6.45, 7) is 6.04. The summed E-state index contributed by atoms with van der Waals surface area (Å²) in [5, 5.41) is 6.73. The Morgan fingerprint density at radius 1 is 1.35 bits per heavy atom. The van der Waals surface area contributed by atoms with Crippen molar-refractivity contribution in [2.24, 2.45) is 10.9 Å². The van der Waals surface area contributed by atoms with E-state index in [4.69, 9.17) is 4.74 Å². The minimum absolute atomic E-state index is 0. The molecule has 0 aromatic heterocycles. The number of carbonyl (C=O) groups excluding carboxylic acids is 1. The maximum atomic E-state index is 12.1. The standard InChI is InChI=1S/C19H30N4O2.HI/c1-14(2)18(24)23-11-10-16(13-23)22-19(20-3)21-12-17(25-4)15-8-6-5-7-9-15;/h5-9,14,16-17H,10-13H2,1-4H3,(H2,20,21,22);1H. The lowest BCUT2D eigenvalue weighted by atomic mass is 10.1. The summed E-state index contributed by atoms with van der Waals surface area (Å²) in [6.07, 6.45) is 0.897. The second kappa shape index (κ2) is 11.4. The Morgan fingerprint density at radius 3 is 2.62 bits per heavy atom. The number of rotatable bonds is 6. The van der Waals surface area contributed by atoms with E-state index in [0.717, 1.165) is 31.0 Å². The molecule has 0 saturated carbocycles. The van der Waals surface area contributed by atoms with E-state index in [0.29, 0.717) is 6.54 Å². The van der Waals surface area contributed by atoms with Crippen LogP contribution in [0.4, 0.5) is 0 Å². The number of carbonyl (C=O) groups is 1. The highest BCUT2D eigenvalue weighted by atomic mass is 127. The van der Waals surface area contributed by atoms with Gasteiger partial charge in [0.25, 0.3) is 0 Å². The van der Waals surface area contributed by atoms with Crippen molar-refractivity contribution in [1.82, 2.24) is 15.5 Å². The zero-order valence-electron chi connectivity index (χ0n) is 16.1. The summed E-state index contributed by atoms with van der Waals surface area (Å²) in [4.78, 5) is 18.3. The van der Waals surface area contributed by atoms with Crippen LogP contribution in [-0.2, 0) is 9.53 Å². The van der Waals surface area contributed by atoms with Crippen LogP contribution in [-0.4, -0.2) is 56.6 Å². The highest BCUT2D eigenvalue weighted by molar-refractivity contribution is 14.0. The predicted molar refractivity (Wildman–Crippen MR) is 116 cm³/mol. The fourth-order valence-corrected chi connectivity index (χ4v) is 3.03. The third-order valence-corrected chi connectivity index (χ3v) is 4.47. The van der Waals surface area contributed by atoms with Crippen molar-refractivity contribution in [3.63, 3.8) is 0 Å². The number of ether oxygens (including phenoxy) is 1. The number of likely N-dealkylation sites (tertiary alicyclic amines) is 1. The maximum absolute atomic E-state index is 12.1. The number of amides is 1. The molecule has 0 bridgehead atoms. The van der Waals surface area contributed by atoms with Gasteiger partial charge in [0.1, 0.15) is 0 Å². The van der Waals surface area contributed by atoms with E-state index in [1.807, 2.05) is 36.9 Å². The molecule has 1 saturated heterocycles. The molecule has 1 aliphatic heterocycles. The number of nitrogens with zero attached hydrogens (tertiary/aromatic N) is 2. The Morgan fingerprint density at radius 2 is 2.04 bits per heavy atom. The molecular weight excluding hydrogens is 443 g/mol. The maximum Gasteiger partial charge on any atom is 0.225 e. The number of benzene rings is 1. The van der Waals surface area contributed by atoms with Crippen molar-refractivity contribution < 1.29 is 9.53 Å². The number of hydrogen-bond acceptors (Lipinski definition) is 3. The van der Waals surface area contributed by atoms with Gasteiger partial charge in [-0.25, -0.2) is 0 Å². The van der Waals surface area contributed by atoms with Crippen LogP contribution in [0.3, 0.4) is 0 Å². The molecule has 2 atom stereocenters. The summed E-state index contributed by atoms with van der Waals surface area (Å²) in [6, 6.07) is 10.3. The first-order chi connectivity index (χ1) is 12.0. The summed E-state index contributed by atoms with van der Waals surface area (Å²) in [5.41, 5.74) is 1.13. The number of guanidine groups is 1. The highest BCUT2D eigenvalue weighted by Crippen LogP contribution is 2.15. The van der Waals surface area contributed by atoms with Crippen LogP contribution in [0, 0.1) is 5.92 Å². The van der Waals surface area contributed by atoms with Crippen molar-refractivity contribution in [3.05, 3.63) is 35.9 Å². The van der Waals surface area contributed by atoms with Gasteiger partial charge in [-0.2, -0.15) is 0 Å². The van der Waals surface area contributed by atoms with Crippen molar-refractivity contribution >= 4 is 35.8 Å². The topological polar surface area (TPSA) is 66.0 Å². The first kappa shape index (κ1) is 22.7. The van der Waals surface area contributed by atoms with E-state index >= 15 is 0 Å². The van der Waals surface area contributed by atoms with Crippen LogP contribution in [0.2, 0.25) is 0 Å². The molecule has 146 valence electrons. The molecule has 6 nitrogen and oxygen atoms in total. The third kappa shape index (κ3) is 6.42. The summed E-state index contributed by atoms with van der Waals surface area (Å²) in [7, 11) is 3.47. The molecule has 1 fully saturated rings. The van der Waals surface area contributed by atoms with E-state index in [1.54, 1.807) is 14.2 Å². The van der Waals surface area contributed by atoms with Crippen LogP contribution in [0.1, 0.15) is 31.9 Å². The van der Waals surface area contributed by atoms with Gasteiger partial charge in [-0.05, 0) is 12.0 Å². The summed E-state index contributed by atoms with van der Waals surface area (Å²) >= 11 is 0. The average molecular weight is 474 g/mol. The molecule has 1 aliphatic rings. The zero-order chi connectivity index (χ0) is 18.2. The van der Waals surface area contributed by atoms with E-state index in [-0.39, 0.29) is 47.9 Å². The van der Waals surface area contributed by atoms with Gasteiger partial charge in [0.2, 0.25) is 5.91 Å². The predicted octanol–water partition coefficient (Wildman–Crippen LogP) is 2.41. The molecular formula is C19H31IN4O2. The summed E-state index contributed by atoms with van der Waals surface area (Å²) < 4.78 is 5.58. The van der Waals surface area contributed by atoms with Gasteiger partial charge < -0.3 is 20.3 Å². The van der Waals surface area contributed by atoms with Gasteiger partial charge in [0, 0.05) is 45.8 Å². The molecule has 0 radical (unpaired) electrons. The van der Waals surface area contributed by atoms with Crippen molar-refractivity contribution in [3.8, 4) is 0 Å². The number of nitrogens with one attached hydrogen (secondary N) is 2. The van der Waals surface area contributed by atoms with Crippen LogP contribution < -0.4 is 10.6 Å². The molecule has 2 N–H and O–H groups in total. The monoisotopic (exact) mass is 474 g/mol. The van der Waals surface area contributed by atoms with Gasteiger partial charge in [0.05, 0.1) is 6.10 Å². The Kier molecular flexibility index (Phi) is 9.93. The Labute approximate surface area is 173 Å². The number of hydrogen-bond donors (Lipinski definition) is 2. The smallest absolute Gasteiger partial charge is 0.225 e. The molecule has 0 aliphatic carbocycles. The van der Waals surface area contributed by atoms with Crippen molar-refractivity contribution in [1.29, 1.82) is 0 Å². The Hall–Kier alpha value is -1.35. The van der Waals surface area contributed by atoms with E-state index in [1.165, 1.54) is 0 Å². The molecule has 0 spiro atoms. The van der Waals surface area contributed by atoms with Crippen molar-refractivity contribution in [2.75, 3.05) is 33.8 Å². The van der Waals surface area contributed by atoms with Crippen LogP contribution in [0.25, 0.3) is 0 Å². The third-order valence-electron chi connectivity index (χ3n) is 4.47. The largest absolute Gasteiger partial charge is 0.375 e. The molecule has 1 heterocycles. The van der Waals surface area contributed by atoms with Crippen LogP contribution >= 0.6 is 24.0 Å². The van der Waals surface area contributed by atoms with E-state index < -0.39 is 0 Å². The first-order valence-electron chi connectivity index (χ1n) is 8.88. The zero-order valence-corrected chi connectivity index (χ0v) is 18.4. The van der Waals surface area contributed by atoms with Crippen molar-refractivity contribution in [2.45, 2.75) is 32.4 Å². The lowest BCUT2D eigenvalue weighted by Crippen LogP contribution is -2.46. The van der Waals surface area contributed by atoms with E-state index in [2.05, 4.69) is 27.8 Å². The minimum Gasteiger partial charge on any atom is -0.375 e. The van der Waals surface area contributed by atoms with Crippen LogP contribution in [0.15, 0.2) is 35.3 Å². The quantitative estimate of drug-likeness (QED) is 0.378. The second-order valence-corrected chi connectivity index (χ2v) is 6.66.